The van der Waals surface area contributed by atoms with Crippen molar-refractivity contribution < 1.29 is 17.6 Å². The van der Waals surface area contributed by atoms with Gasteiger partial charge in [0.15, 0.2) is 5.84 Å². The lowest BCUT2D eigenvalue weighted by Gasteiger charge is -2.24. The maximum atomic E-state index is 13.0. The molecule has 0 saturated carbocycles. The Hall–Kier alpha value is -3.52. The third-order valence-corrected chi connectivity index (χ3v) is 6.21. The van der Waals surface area contributed by atoms with Crippen LogP contribution >= 0.6 is 0 Å². The number of carbonyl (C=O) groups is 1. The van der Waals surface area contributed by atoms with Crippen LogP contribution < -0.4 is 10.2 Å². The predicted octanol–water partition coefficient (Wildman–Crippen LogP) is 3.60. The predicted molar refractivity (Wildman–Crippen MR) is 117 cm³/mol. The van der Waals surface area contributed by atoms with Crippen molar-refractivity contribution in [1.82, 2.24) is 5.32 Å². The number of amides is 1. The Bertz CT molecular complexity index is 1230. The Balaban J connectivity index is 1.50. The monoisotopic (exact) mass is 437 g/mol. The van der Waals surface area contributed by atoms with Gasteiger partial charge in [0.1, 0.15) is 10.7 Å². The number of rotatable bonds is 6. The number of anilines is 1. The summed E-state index contributed by atoms with van der Waals surface area (Å²) < 4.78 is 42.1. The van der Waals surface area contributed by atoms with Crippen LogP contribution in [0.3, 0.4) is 0 Å². The van der Waals surface area contributed by atoms with Crippen LogP contribution in [0.5, 0.6) is 0 Å². The minimum Gasteiger partial charge on any atom is -0.352 e. The van der Waals surface area contributed by atoms with Crippen LogP contribution in [-0.2, 0) is 10.0 Å². The summed E-state index contributed by atoms with van der Waals surface area (Å²) in [5, 5.41) is 2.81. The van der Waals surface area contributed by atoms with E-state index in [9.17, 15) is 17.6 Å². The highest BCUT2D eigenvalue weighted by molar-refractivity contribution is 7.90. The number of para-hydroxylation sites is 1. The Morgan fingerprint density at radius 2 is 1.61 bits per heavy atom. The zero-order chi connectivity index (χ0) is 21.8. The third-order valence-electron chi connectivity index (χ3n) is 4.89. The molecule has 158 valence electrons. The standard InChI is InChI=1S/C23H20FN3O3S/c24-18-13-11-17(12-14-18)23(28)25-15-6-16-27(19-7-2-1-3-8-19)22-20-9-4-5-10-21(20)31(29,30)26-22/h1-5,7-14H,6,15-16H2,(H,25,28). The van der Waals surface area contributed by atoms with Gasteiger partial charge in [-0.1, -0.05) is 30.3 Å². The fourth-order valence-corrected chi connectivity index (χ4v) is 4.60. The first kappa shape index (κ1) is 20.7. The molecule has 0 unspecified atom stereocenters. The number of halogens is 1. The van der Waals surface area contributed by atoms with Crippen molar-refractivity contribution in [1.29, 1.82) is 0 Å². The van der Waals surface area contributed by atoms with Gasteiger partial charge in [0.25, 0.3) is 15.9 Å². The van der Waals surface area contributed by atoms with Crippen LogP contribution in [0.2, 0.25) is 0 Å². The van der Waals surface area contributed by atoms with Gasteiger partial charge in [-0.05, 0) is 55.0 Å². The molecule has 0 aromatic heterocycles. The minimum atomic E-state index is -3.75. The average molecular weight is 437 g/mol. The summed E-state index contributed by atoms with van der Waals surface area (Å²) in [5.41, 5.74) is 1.74. The second kappa shape index (κ2) is 8.69. The van der Waals surface area contributed by atoms with E-state index in [1.54, 1.807) is 24.3 Å². The minimum absolute atomic E-state index is 0.190. The van der Waals surface area contributed by atoms with E-state index in [1.807, 2.05) is 35.2 Å². The molecule has 1 aliphatic heterocycles. The number of sulfonamides is 1. The number of nitrogens with one attached hydrogen (secondary N) is 1. The maximum absolute atomic E-state index is 13.0. The third kappa shape index (κ3) is 4.49. The van der Waals surface area contributed by atoms with Gasteiger partial charge < -0.3 is 10.2 Å². The molecule has 0 spiro atoms. The normalized spacial score (nSPS) is 13.9. The van der Waals surface area contributed by atoms with Gasteiger partial charge in [0, 0.05) is 29.9 Å². The number of benzene rings is 3. The van der Waals surface area contributed by atoms with E-state index >= 15 is 0 Å². The molecule has 0 fully saturated rings. The zero-order valence-electron chi connectivity index (χ0n) is 16.5. The lowest BCUT2D eigenvalue weighted by molar-refractivity contribution is 0.0953. The van der Waals surface area contributed by atoms with Crippen LogP contribution in [0.15, 0.2) is 88.2 Å². The van der Waals surface area contributed by atoms with Crippen LogP contribution in [0, 0.1) is 5.82 Å². The largest absolute Gasteiger partial charge is 0.352 e. The second-order valence-corrected chi connectivity index (χ2v) is 8.56. The van der Waals surface area contributed by atoms with Gasteiger partial charge in [0.05, 0.1) is 0 Å². The number of nitrogens with zero attached hydrogens (tertiary/aromatic N) is 2. The van der Waals surface area contributed by atoms with Gasteiger partial charge in [-0.15, -0.1) is 4.40 Å². The molecular weight excluding hydrogens is 417 g/mol. The second-order valence-electron chi connectivity index (χ2n) is 6.99. The molecule has 3 aromatic rings. The van der Waals surface area contributed by atoms with E-state index in [0.717, 1.165) is 5.69 Å². The number of amidine groups is 1. The highest BCUT2D eigenvalue weighted by Gasteiger charge is 2.32. The fourth-order valence-electron chi connectivity index (χ4n) is 3.39. The van der Waals surface area contributed by atoms with E-state index in [2.05, 4.69) is 9.71 Å². The zero-order valence-corrected chi connectivity index (χ0v) is 17.3. The summed E-state index contributed by atoms with van der Waals surface area (Å²) in [5.74, 6) is -0.327. The topological polar surface area (TPSA) is 78.8 Å². The molecule has 3 aromatic carbocycles. The van der Waals surface area contributed by atoms with Gasteiger partial charge >= 0.3 is 0 Å². The van der Waals surface area contributed by atoms with Gasteiger partial charge in [-0.3, -0.25) is 4.79 Å². The lowest BCUT2D eigenvalue weighted by Crippen LogP contribution is -2.34. The molecule has 0 atom stereocenters. The van der Waals surface area contributed by atoms with Crippen molar-refractivity contribution in [2.24, 2.45) is 4.40 Å². The Morgan fingerprint density at radius 1 is 0.935 bits per heavy atom. The molecule has 1 heterocycles. The molecule has 0 radical (unpaired) electrons. The highest BCUT2D eigenvalue weighted by atomic mass is 32.2. The average Bonchev–Trinajstić information content (AvgIpc) is 3.05. The molecule has 6 nitrogen and oxygen atoms in total. The number of carbonyl (C=O) groups excluding carboxylic acids is 1. The molecule has 1 aliphatic rings. The van der Waals surface area contributed by atoms with Gasteiger partial charge in [0.2, 0.25) is 0 Å². The smallest absolute Gasteiger partial charge is 0.285 e. The van der Waals surface area contributed by atoms with Crippen LogP contribution in [-0.4, -0.2) is 33.3 Å². The van der Waals surface area contributed by atoms with Crippen molar-refractivity contribution in [3.05, 3.63) is 95.8 Å². The first-order valence-electron chi connectivity index (χ1n) is 9.76. The molecule has 31 heavy (non-hydrogen) atoms. The van der Waals surface area contributed by atoms with E-state index in [4.69, 9.17) is 0 Å². The SMILES string of the molecule is O=C(NCCCN(C1=NS(=O)(=O)c2ccccc21)c1ccccc1)c1ccc(F)cc1. The van der Waals surface area contributed by atoms with Crippen molar-refractivity contribution >= 4 is 27.5 Å². The number of fused-ring (bicyclic) bond motifs is 1. The van der Waals surface area contributed by atoms with Crippen LogP contribution in [0.4, 0.5) is 10.1 Å². The Morgan fingerprint density at radius 3 is 2.35 bits per heavy atom. The van der Waals surface area contributed by atoms with Crippen molar-refractivity contribution in [2.75, 3.05) is 18.0 Å². The molecule has 8 heteroatoms. The van der Waals surface area contributed by atoms with Crippen molar-refractivity contribution in [3.63, 3.8) is 0 Å². The molecular formula is C23H20FN3O3S. The molecule has 0 aliphatic carbocycles. The highest BCUT2D eigenvalue weighted by Crippen LogP contribution is 2.29. The summed E-state index contributed by atoms with van der Waals surface area (Å²) in [6.07, 6.45) is 0.545. The van der Waals surface area contributed by atoms with Crippen LogP contribution in [0.25, 0.3) is 0 Å². The van der Waals surface area contributed by atoms with Gasteiger partial charge in [-0.2, -0.15) is 8.42 Å². The van der Waals surface area contributed by atoms with Crippen molar-refractivity contribution in [3.8, 4) is 0 Å². The summed E-state index contributed by atoms with van der Waals surface area (Å²) in [6.45, 7) is 0.803. The molecule has 4 rings (SSSR count). The van der Waals surface area contributed by atoms with E-state index in [-0.39, 0.29) is 10.8 Å². The quantitative estimate of drug-likeness (QED) is 0.598. The van der Waals surface area contributed by atoms with Gasteiger partial charge in [-0.25, -0.2) is 4.39 Å². The van der Waals surface area contributed by atoms with E-state index in [0.29, 0.717) is 36.5 Å². The number of hydrogen-bond acceptors (Lipinski definition) is 4. The molecule has 1 amide bonds. The van der Waals surface area contributed by atoms with E-state index in [1.165, 1.54) is 24.3 Å². The summed E-state index contributed by atoms with van der Waals surface area (Å²) >= 11 is 0. The lowest BCUT2D eigenvalue weighted by atomic mass is 10.1. The first-order chi connectivity index (χ1) is 15.0. The summed E-state index contributed by atoms with van der Waals surface area (Å²) in [7, 11) is -3.75. The molecule has 0 saturated heterocycles. The molecule has 0 bridgehead atoms. The van der Waals surface area contributed by atoms with Crippen molar-refractivity contribution in [2.45, 2.75) is 11.3 Å². The maximum Gasteiger partial charge on any atom is 0.285 e. The summed E-state index contributed by atoms with van der Waals surface area (Å²) in [4.78, 5) is 14.3. The Kier molecular flexibility index (Phi) is 5.81. The number of hydrogen-bond donors (Lipinski definition) is 1. The summed E-state index contributed by atoms with van der Waals surface area (Å²) in [6, 6.07) is 21.5. The van der Waals surface area contributed by atoms with Crippen LogP contribution in [0.1, 0.15) is 22.3 Å². The molecule has 1 N–H and O–H groups in total. The van der Waals surface area contributed by atoms with E-state index < -0.39 is 15.8 Å². The first-order valence-corrected chi connectivity index (χ1v) is 11.2. The fraction of sp³-hybridized carbons (Fsp3) is 0.130. The Labute approximate surface area is 180 Å².